The molecule has 0 aliphatic carbocycles. The summed E-state index contributed by atoms with van der Waals surface area (Å²) < 4.78 is 0. The van der Waals surface area contributed by atoms with Crippen LogP contribution >= 0.6 is 11.6 Å². The number of amides is 1. The van der Waals surface area contributed by atoms with Crippen LogP contribution in [0.4, 0.5) is 0 Å². The van der Waals surface area contributed by atoms with Gasteiger partial charge in [0.2, 0.25) is 5.91 Å². The smallest absolute Gasteiger partial charge is 0.225 e. The third kappa shape index (κ3) is 5.48. The average Bonchev–Trinajstić information content (AvgIpc) is 1.98. The average molecular weight is 220 g/mol. The molecule has 0 saturated heterocycles. The van der Waals surface area contributed by atoms with Gasteiger partial charge >= 0.3 is 0 Å². The van der Waals surface area contributed by atoms with E-state index in [1.165, 1.54) is 0 Å². The number of carbonyl (C=O) groups is 1. The summed E-state index contributed by atoms with van der Waals surface area (Å²) in [5, 5.41) is 2.95. The molecule has 0 aromatic carbocycles. The van der Waals surface area contributed by atoms with Crippen molar-refractivity contribution in [2.75, 3.05) is 12.4 Å². The van der Waals surface area contributed by atoms with Gasteiger partial charge in [-0.2, -0.15) is 0 Å². The van der Waals surface area contributed by atoms with Crippen LogP contribution in [-0.4, -0.2) is 18.3 Å². The van der Waals surface area contributed by atoms with E-state index in [0.29, 0.717) is 12.4 Å². The van der Waals surface area contributed by atoms with Gasteiger partial charge in [-0.15, -0.1) is 11.6 Å². The molecular formula is C11H22ClNO. The van der Waals surface area contributed by atoms with Crippen molar-refractivity contribution in [1.29, 1.82) is 0 Å². The molecule has 0 heterocycles. The van der Waals surface area contributed by atoms with Crippen molar-refractivity contribution < 1.29 is 4.79 Å². The summed E-state index contributed by atoms with van der Waals surface area (Å²) in [6.45, 7) is 10.6. The summed E-state index contributed by atoms with van der Waals surface area (Å²) in [5.41, 5.74) is -0.223. The number of alkyl halides is 1. The van der Waals surface area contributed by atoms with Gasteiger partial charge < -0.3 is 5.32 Å². The Morgan fingerprint density at radius 2 is 1.71 bits per heavy atom. The normalized spacial score (nSPS) is 12.7. The fourth-order valence-corrected chi connectivity index (χ4v) is 1.44. The Morgan fingerprint density at radius 3 is 2.07 bits per heavy atom. The standard InChI is InChI=1S/C11H22ClNO/c1-10(2,3)9(14)13-8-11(4,5)6-7-12/h6-8H2,1-5H3,(H,13,14). The second-order valence-corrected chi connectivity index (χ2v) is 5.91. The van der Waals surface area contributed by atoms with Crippen molar-refractivity contribution in [3.8, 4) is 0 Å². The maximum absolute atomic E-state index is 11.6. The van der Waals surface area contributed by atoms with Crippen LogP contribution in [0.3, 0.4) is 0 Å². The molecule has 0 atom stereocenters. The molecule has 14 heavy (non-hydrogen) atoms. The van der Waals surface area contributed by atoms with E-state index in [9.17, 15) is 4.79 Å². The SMILES string of the molecule is CC(C)(CCCl)CNC(=O)C(C)(C)C. The molecule has 0 bridgehead atoms. The lowest BCUT2D eigenvalue weighted by atomic mass is 9.89. The molecule has 0 rings (SSSR count). The fraction of sp³-hybridized carbons (Fsp3) is 0.909. The Kier molecular flexibility index (Phi) is 4.93. The van der Waals surface area contributed by atoms with Gasteiger partial charge in [0.15, 0.2) is 0 Å². The van der Waals surface area contributed by atoms with Crippen LogP contribution in [0.15, 0.2) is 0 Å². The highest BCUT2D eigenvalue weighted by atomic mass is 35.5. The molecule has 1 amide bonds. The number of hydrogen-bond donors (Lipinski definition) is 1. The molecule has 0 spiro atoms. The van der Waals surface area contributed by atoms with E-state index in [4.69, 9.17) is 11.6 Å². The van der Waals surface area contributed by atoms with E-state index in [2.05, 4.69) is 19.2 Å². The third-order valence-electron chi connectivity index (χ3n) is 2.18. The summed E-state index contributed by atoms with van der Waals surface area (Å²) in [6.07, 6.45) is 0.916. The molecule has 0 aliphatic rings. The van der Waals surface area contributed by atoms with Gasteiger partial charge in [-0.3, -0.25) is 4.79 Å². The van der Waals surface area contributed by atoms with Crippen molar-refractivity contribution in [2.24, 2.45) is 10.8 Å². The van der Waals surface area contributed by atoms with E-state index >= 15 is 0 Å². The number of hydrogen-bond acceptors (Lipinski definition) is 1. The van der Waals surface area contributed by atoms with Crippen LogP contribution in [0.2, 0.25) is 0 Å². The number of halogens is 1. The Bertz CT molecular complexity index is 194. The minimum absolute atomic E-state index is 0.0860. The predicted octanol–water partition coefficient (Wildman–Crippen LogP) is 2.80. The molecule has 3 heteroatoms. The molecule has 2 nitrogen and oxygen atoms in total. The molecule has 0 aliphatic heterocycles. The second kappa shape index (κ2) is 5.01. The first-order valence-corrected chi connectivity index (χ1v) is 5.57. The predicted molar refractivity (Wildman–Crippen MR) is 61.6 cm³/mol. The zero-order chi connectivity index (χ0) is 11.4. The van der Waals surface area contributed by atoms with Gasteiger partial charge in [0.25, 0.3) is 0 Å². The van der Waals surface area contributed by atoms with Crippen LogP contribution in [-0.2, 0) is 4.79 Å². The van der Waals surface area contributed by atoms with Crippen molar-refractivity contribution in [3.05, 3.63) is 0 Å². The minimum atomic E-state index is -0.308. The molecule has 0 unspecified atom stereocenters. The quantitative estimate of drug-likeness (QED) is 0.724. The second-order valence-electron chi connectivity index (χ2n) is 5.54. The zero-order valence-corrected chi connectivity index (χ0v) is 10.7. The topological polar surface area (TPSA) is 29.1 Å². The van der Waals surface area contributed by atoms with Gasteiger partial charge in [0, 0.05) is 17.8 Å². The van der Waals surface area contributed by atoms with E-state index < -0.39 is 0 Å². The molecule has 0 radical (unpaired) electrons. The Balaban J connectivity index is 4.00. The number of rotatable bonds is 4. The van der Waals surface area contributed by atoms with Gasteiger partial charge in [-0.05, 0) is 11.8 Å². The molecule has 0 aromatic heterocycles. The molecule has 0 fully saturated rings. The zero-order valence-electron chi connectivity index (χ0n) is 9.91. The Hall–Kier alpha value is -0.240. The van der Waals surface area contributed by atoms with Crippen molar-refractivity contribution >= 4 is 17.5 Å². The number of nitrogens with one attached hydrogen (secondary N) is 1. The highest BCUT2D eigenvalue weighted by Gasteiger charge is 2.24. The summed E-state index contributed by atoms with van der Waals surface area (Å²) in [5.74, 6) is 0.735. The lowest BCUT2D eigenvalue weighted by Crippen LogP contribution is -2.40. The maximum Gasteiger partial charge on any atom is 0.225 e. The van der Waals surface area contributed by atoms with E-state index in [1.54, 1.807) is 0 Å². The molecule has 0 aromatic rings. The third-order valence-corrected chi connectivity index (χ3v) is 2.37. The lowest BCUT2D eigenvalue weighted by molar-refractivity contribution is -0.128. The van der Waals surface area contributed by atoms with E-state index in [1.807, 2.05) is 20.8 Å². The highest BCUT2D eigenvalue weighted by Crippen LogP contribution is 2.20. The Morgan fingerprint density at radius 1 is 1.21 bits per heavy atom. The first kappa shape index (κ1) is 13.8. The van der Waals surface area contributed by atoms with Crippen LogP contribution in [0.5, 0.6) is 0 Å². The first-order valence-electron chi connectivity index (χ1n) is 5.03. The fourth-order valence-electron chi connectivity index (χ4n) is 0.929. The van der Waals surface area contributed by atoms with Crippen molar-refractivity contribution in [3.63, 3.8) is 0 Å². The van der Waals surface area contributed by atoms with Crippen molar-refractivity contribution in [2.45, 2.75) is 41.0 Å². The minimum Gasteiger partial charge on any atom is -0.355 e. The van der Waals surface area contributed by atoms with Gasteiger partial charge in [0.05, 0.1) is 0 Å². The monoisotopic (exact) mass is 219 g/mol. The van der Waals surface area contributed by atoms with Gasteiger partial charge in [0.1, 0.15) is 0 Å². The summed E-state index contributed by atoms with van der Waals surface area (Å²) >= 11 is 5.68. The lowest BCUT2D eigenvalue weighted by Gasteiger charge is -2.26. The largest absolute Gasteiger partial charge is 0.355 e. The molecule has 84 valence electrons. The summed E-state index contributed by atoms with van der Waals surface area (Å²) in [4.78, 5) is 11.6. The van der Waals surface area contributed by atoms with Crippen LogP contribution in [0, 0.1) is 10.8 Å². The number of carbonyl (C=O) groups excluding carboxylic acids is 1. The molecule has 1 N–H and O–H groups in total. The van der Waals surface area contributed by atoms with Crippen LogP contribution in [0.1, 0.15) is 41.0 Å². The van der Waals surface area contributed by atoms with Gasteiger partial charge in [-0.25, -0.2) is 0 Å². The van der Waals surface area contributed by atoms with Crippen LogP contribution in [0.25, 0.3) is 0 Å². The van der Waals surface area contributed by atoms with Gasteiger partial charge in [-0.1, -0.05) is 34.6 Å². The van der Waals surface area contributed by atoms with Crippen molar-refractivity contribution in [1.82, 2.24) is 5.32 Å². The molecule has 0 saturated carbocycles. The van der Waals surface area contributed by atoms with Crippen LogP contribution < -0.4 is 5.32 Å². The first-order chi connectivity index (χ1) is 6.19. The highest BCUT2D eigenvalue weighted by molar-refractivity contribution is 6.17. The summed E-state index contributed by atoms with van der Waals surface area (Å²) in [6, 6.07) is 0. The van der Waals surface area contributed by atoms with E-state index in [0.717, 1.165) is 6.42 Å². The maximum atomic E-state index is 11.6. The Labute approximate surface area is 92.4 Å². The summed E-state index contributed by atoms with van der Waals surface area (Å²) in [7, 11) is 0. The van der Waals surface area contributed by atoms with E-state index in [-0.39, 0.29) is 16.7 Å². The molecular weight excluding hydrogens is 198 g/mol.